The number of nitrogens with one attached hydrogen (secondary N) is 1. The fourth-order valence-corrected chi connectivity index (χ4v) is 2.44. The Morgan fingerprint density at radius 3 is 2.62 bits per heavy atom. The second kappa shape index (κ2) is 8.08. The zero-order chi connectivity index (χ0) is 15.9. The summed E-state index contributed by atoms with van der Waals surface area (Å²) in [5, 5.41) is 7.74. The Balaban J connectivity index is 2.59. The van der Waals surface area contributed by atoms with Crippen LogP contribution >= 0.6 is 0 Å². The number of carbonyl (C=O) groups excluding carboxylic acids is 1. The summed E-state index contributed by atoms with van der Waals surface area (Å²) in [6, 6.07) is 4.36. The summed E-state index contributed by atoms with van der Waals surface area (Å²) in [6.07, 6.45) is 0. The number of rotatable bonds is 8. The standard InChI is InChI=1S/C13H20N2O5S/c1-10-3-4-11(9-12(10)21(14,17)18)13(16)15-5-6-20-8-7-19-2/h3-4,9H,5-8H2,1-2H3,(H,15,16)(H2,14,17,18). The number of hydrogen-bond donors (Lipinski definition) is 2. The number of nitrogens with two attached hydrogens (primary N) is 1. The van der Waals surface area contributed by atoms with Gasteiger partial charge in [0.25, 0.3) is 5.91 Å². The lowest BCUT2D eigenvalue weighted by atomic mass is 10.1. The second-order valence-corrected chi connectivity index (χ2v) is 5.92. The van der Waals surface area contributed by atoms with Crippen molar-refractivity contribution in [2.24, 2.45) is 5.14 Å². The molecule has 0 unspecified atom stereocenters. The molecule has 0 saturated carbocycles. The van der Waals surface area contributed by atoms with Crippen LogP contribution in [0.4, 0.5) is 0 Å². The van der Waals surface area contributed by atoms with Crippen molar-refractivity contribution in [3.8, 4) is 0 Å². The molecule has 118 valence electrons. The van der Waals surface area contributed by atoms with Crippen molar-refractivity contribution in [2.75, 3.05) is 33.5 Å². The Morgan fingerprint density at radius 2 is 2.00 bits per heavy atom. The molecule has 7 nitrogen and oxygen atoms in total. The van der Waals surface area contributed by atoms with E-state index in [1.807, 2.05) is 0 Å². The SMILES string of the molecule is COCCOCCNC(=O)c1ccc(C)c(S(N)(=O)=O)c1. The third kappa shape index (κ3) is 5.80. The maximum absolute atomic E-state index is 11.9. The highest BCUT2D eigenvalue weighted by atomic mass is 32.2. The number of ether oxygens (including phenoxy) is 2. The molecule has 8 heteroatoms. The van der Waals surface area contributed by atoms with Gasteiger partial charge in [-0.1, -0.05) is 6.07 Å². The molecule has 0 aliphatic carbocycles. The number of primary sulfonamides is 1. The number of carbonyl (C=O) groups is 1. The van der Waals surface area contributed by atoms with Crippen LogP contribution in [0.25, 0.3) is 0 Å². The van der Waals surface area contributed by atoms with Crippen molar-refractivity contribution in [3.05, 3.63) is 29.3 Å². The molecule has 0 saturated heterocycles. The molecule has 0 fully saturated rings. The highest BCUT2D eigenvalue weighted by molar-refractivity contribution is 7.89. The summed E-state index contributed by atoms with van der Waals surface area (Å²) < 4.78 is 32.8. The number of benzene rings is 1. The highest BCUT2D eigenvalue weighted by Gasteiger charge is 2.14. The molecule has 0 atom stereocenters. The summed E-state index contributed by atoms with van der Waals surface area (Å²) in [5.41, 5.74) is 0.735. The van der Waals surface area contributed by atoms with Crippen molar-refractivity contribution in [1.82, 2.24) is 5.32 Å². The van der Waals surface area contributed by atoms with Gasteiger partial charge in [-0.15, -0.1) is 0 Å². The lowest BCUT2D eigenvalue weighted by molar-refractivity contribution is 0.0692. The van der Waals surface area contributed by atoms with Crippen LogP contribution in [0.1, 0.15) is 15.9 Å². The van der Waals surface area contributed by atoms with Gasteiger partial charge in [-0.3, -0.25) is 4.79 Å². The van der Waals surface area contributed by atoms with Crippen LogP contribution in [0.2, 0.25) is 0 Å². The Bertz CT molecular complexity index is 586. The Kier molecular flexibility index (Phi) is 6.76. The summed E-state index contributed by atoms with van der Waals surface area (Å²) in [7, 11) is -2.27. The van der Waals surface area contributed by atoms with Crippen LogP contribution in [-0.2, 0) is 19.5 Å². The molecule has 0 heterocycles. The topological polar surface area (TPSA) is 108 Å². The fourth-order valence-electron chi connectivity index (χ4n) is 1.63. The van der Waals surface area contributed by atoms with Gasteiger partial charge in [0.2, 0.25) is 10.0 Å². The molecule has 0 spiro atoms. The monoisotopic (exact) mass is 316 g/mol. The number of sulfonamides is 1. The van der Waals surface area contributed by atoms with Crippen molar-refractivity contribution in [2.45, 2.75) is 11.8 Å². The molecule has 0 bridgehead atoms. The molecule has 1 rings (SSSR count). The van der Waals surface area contributed by atoms with E-state index in [9.17, 15) is 13.2 Å². The molecule has 1 amide bonds. The number of aryl methyl sites for hydroxylation is 1. The molecule has 1 aromatic carbocycles. The molecule has 21 heavy (non-hydrogen) atoms. The minimum atomic E-state index is -3.84. The smallest absolute Gasteiger partial charge is 0.251 e. The summed E-state index contributed by atoms with van der Waals surface area (Å²) in [4.78, 5) is 11.8. The molecule has 0 aromatic heterocycles. The fraction of sp³-hybridized carbons (Fsp3) is 0.462. The maximum atomic E-state index is 11.9. The van der Waals surface area contributed by atoms with Gasteiger partial charge >= 0.3 is 0 Å². The zero-order valence-corrected chi connectivity index (χ0v) is 12.9. The molecular formula is C13H20N2O5S. The highest BCUT2D eigenvalue weighted by Crippen LogP contribution is 2.15. The molecule has 1 aromatic rings. The molecule has 0 aliphatic heterocycles. The summed E-state index contributed by atoms with van der Waals surface area (Å²) >= 11 is 0. The average Bonchev–Trinajstić information content (AvgIpc) is 2.41. The van der Waals surface area contributed by atoms with E-state index in [2.05, 4.69) is 5.32 Å². The minimum absolute atomic E-state index is 0.0495. The average molecular weight is 316 g/mol. The van der Waals surface area contributed by atoms with Gasteiger partial charge in [0.15, 0.2) is 0 Å². The quantitative estimate of drug-likeness (QED) is 0.658. The first-order valence-electron chi connectivity index (χ1n) is 6.34. The Morgan fingerprint density at radius 1 is 1.29 bits per heavy atom. The Labute approximate surface area is 124 Å². The van der Waals surface area contributed by atoms with Gasteiger partial charge in [0, 0.05) is 19.2 Å². The minimum Gasteiger partial charge on any atom is -0.382 e. The summed E-state index contributed by atoms with van der Waals surface area (Å²) in [5.74, 6) is -0.379. The van der Waals surface area contributed by atoms with Crippen LogP contribution in [-0.4, -0.2) is 47.8 Å². The van der Waals surface area contributed by atoms with Crippen molar-refractivity contribution >= 4 is 15.9 Å². The van der Waals surface area contributed by atoms with Crippen LogP contribution in [0.15, 0.2) is 23.1 Å². The molecule has 0 aliphatic rings. The van der Waals surface area contributed by atoms with Crippen LogP contribution in [0, 0.1) is 6.92 Å². The van der Waals surface area contributed by atoms with Gasteiger partial charge in [0.1, 0.15) is 0 Å². The predicted molar refractivity (Wildman–Crippen MR) is 77.6 cm³/mol. The maximum Gasteiger partial charge on any atom is 0.251 e. The van der Waals surface area contributed by atoms with E-state index in [0.717, 1.165) is 0 Å². The van der Waals surface area contributed by atoms with Crippen LogP contribution < -0.4 is 10.5 Å². The lowest BCUT2D eigenvalue weighted by Crippen LogP contribution is -2.28. The van der Waals surface area contributed by atoms with Crippen molar-refractivity contribution in [3.63, 3.8) is 0 Å². The third-order valence-corrected chi connectivity index (χ3v) is 3.77. The van der Waals surface area contributed by atoms with E-state index >= 15 is 0 Å². The summed E-state index contributed by atoms with van der Waals surface area (Å²) in [6.45, 7) is 3.23. The van der Waals surface area contributed by atoms with Crippen LogP contribution in [0.3, 0.4) is 0 Å². The molecule has 0 radical (unpaired) electrons. The number of hydrogen-bond acceptors (Lipinski definition) is 5. The van der Waals surface area contributed by atoms with E-state index < -0.39 is 10.0 Å². The Hall–Kier alpha value is -1.48. The first-order chi connectivity index (χ1) is 9.86. The van der Waals surface area contributed by atoms with E-state index in [1.165, 1.54) is 6.07 Å². The van der Waals surface area contributed by atoms with Gasteiger partial charge in [-0.2, -0.15) is 0 Å². The van der Waals surface area contributed by atoms with E-state index in [0.29, 0.717) is 31.9 Å². The number of methoxy groups -OCH3 is 1. The van der Waals surface area contributed by atoms with Crippen molar-refractivity contribution < 1.29 is 22.7 Å². The largest absolute Gasteiger partial charge is 0.382 e. The van der Waals surface area contributed by atoms with Gasteiger partial charge < -0.3 is 14.8 Å². The van der Waals surface area contributed by atoms with Gasteiger partial charge in [0.05, 0.1) is 24.7 Å². The van der Waals surface area contributed by atoms with Gasteiger partial charge in [-0.05, 0) is 24.6 Å². The van der Waals surface area contributed by atoms with Gasteiger partial charge in [-0.25, -0.2) is 13.6 Å². The van der Waals surface area contributed by atoms with E-state index in [4.69, 9.17) is 14.6 Å². The third-order valence-electron chi connectivity index (χ3n) is 2.72. The normalized spacial score (nSPS) is 11.4. The van der Waals surface area contributed by atoms with E-state index in [-0.39, 0.29) is 16.4 Å². The lowest BCUT2D eigenvalue weighted by Gasteiger charge is -2.08. The first kappa shape index (κ1) is 17.6. The number of amides is 1. The first-order valence-corrected chi connectivity index (χ1v) is 7.89. The molecule has 3 N–H and O–H groups in total. The molecular weight excluding hydrogens is 296 g/mol. The zero-order valence-electron chi connectivity index (χ0n) is 12.1. The second-order valence-electron chi connectivity index (χ2n) is 4.39. The predicted octanol–water partition coefficient (Wildman–Crippen LogP) is 0.0352. The van der Waals surface area contributed by atoms with E-state index in [1.54, 1.807) is 26.2 Å². The van der Waals surface area contributed by atoms with Crippen LogP contribution in [0.5, 0.6) is 0 Å². The van der Waals surface area contributed by atoms with Crippen molar-refractivity contribution in [1.29, 1.82) is 0 Å².